The first-order valence-electron chi connectivity index (χ1n) is 4.04. The van der Waals surface area contributed by atoms with E-state index < -0.39 is 0 Å². The van der Waals surface area contributed by atoms with E-state index in [0.29, 0.717) is 12.3 Å². The first kappa shape index (κ1) is 8.02. The fourth-order valence-electron chi connectivity index (χ4n) is 1.59. The highest BCUT2D eigenvalue weighted by Crippen LogP contribution is 2.22. The van der Waals surface area contributed by atoms with Crippen molar-refractivity contribution in [3.05, 3.63) is 0 Å². The third kappa shape index (κ3) is 2.27. The molecule has 0 aromatic heterocycles. The molecule has 2 heteroatoms. The SMILES string of the molecule is CC1CCC(O)CC(O)C1. The standard InChI is InChI=1S/C8H16O2/c1-6-2-3-7(9)5-8(10)4-6/h6-10H,2-5H2,1H3. The van der Waals surface area contributed by atoms with Crippen molar-refractivity contribution in [2.75, 3.05) is 0 Å². The predicted octanol–water partition coefficient (Wildman–Crippen LogP) is 0.918. The summed E-state index contributed by atoms with van der Waals surface area (Å²) in [5.41, 5.74) is 0. The molecule has 0 spiro atoms. The molecule has 0 saturated heterocycles. The van der Waals surface area contributed by atoms with E-state index >= 15 is 0 Å². The molecule has 1 aliphatic rings. The van der Waals surface area contributed by atoms with Crippen LogP contribution in [0.3, 0.4) is 0 Å². The van der Waals surface area contributed by atoms with Crippen LogP contribution in [-0.2, 0) is 0 Å². The largest absolute Gasteiger partial charge is 0.393 e. The van der Waals surface area contributed by atoms with E-state index in [4.69, 9.17) is 0 Å². The minimum absolute atomic E-state index is 0.264. The van der Waals surface area contributed by atoms with E-state index in [1.165, 1.54) is 0 Å². The van der Waals surface area contributed by atoms with Crippen LogP contribution in [0, 0.1) is 5.92 Å². The number of rotatable bonds is 0. The highest BCUT2D eigenvalue weighted by Gasteiger charge is 2.19. The molecule has 0 bridgehead atoms. The lowest BCUT2D eigenvalue weighted by molar-refractivity contribution is 0.0827. The van der Waals surface area contributed by atoms with Crippen LogP contribution < -0.4 is 0 Å². The van der Waals surface area contributed by atoms with Crippen molar-refractivity contribution in [2.24, 2.45) is 5.92 Å². The molecule has 0 aliphatic heterocycles. The summed E-state index contributed by atoms with van der Waals surface area (Å²) in [4.78, 5) is 0. The lowest BCUT2D eigenvalue weighted by Crippen LogP contribution is -2.14. The average Bonchev–Trinajstić information content (AvgIpc) is 1.93. The summed E-state index contributed by atoms with van der Waals surface area (Å²) in [7, 11) is 0. The Morgan fingerprint density at radius 3 is 2.40 bits per heavy atom. The smallest absolute Gasteiger partial charge is 0.0567 e. The summed E-state index contributed by atoms with van der Waals surface area (Å²) in [5.74, 6) is 0.576. The first-order valence-corrected chi connectivity index (χ1v) is 4.04. The zero-order chi connectivity index (χ0) is 7.56. The highest BCUT2D eigenvalue weighted by molar-refractivity contribution is 4.72. The van der Waals surface area contributed by atoms with Crippen molar-refractivity contribution in [3.63, 3.8) is 0 Å². The minimum atomic E-state index is -0.271. The molecule has 60 valence electrons. The van der Waals surface area contributed by atoms with Gasteiger partial charge in [0.25, 0.3) is 0 Å². The van der Waals surface area contributed by atoms with E-state index in [2.05, 4.69) is 6.92 Å². The van der Waals surface area contributed by atoms with Crippen molar-refractivity contribution < 1.29 is 10.2 Å². The molecule has 0 amide bonds. The molecule has 1 fully saturated rings. The quantitative estimate of drug-likeness (QED) is 0.496. The van der Waals surface area contributed by atoms with Crippen LogP contribution >= 0.6 is 0 Å². The van der Waals surface area contributed by atoms with Gasteiger partial charge in [-0.2, -0.15) is 0 Å². The van der Waals surface area contributed by atoms with Gasteiger partial charge in [0.1, 0.15) is 0 Å². The van der Waals surface area contributed by atoms with Crippen LogP contribution in [0.1, 0.15) is 32.6 Å². The summed E-state index contributed by atoms with van der Waals surface area (Å²) >= 11 is 0. The third-order valence-electron chi connectivity index (χ3n) is 2.21. The molecular weight excluding hydrogens is 128 g/mol. The van der Waals surface area contributed by atoms with Crippen LogP contribution in [0.4, 0.5) is 0 Å². The average molecular weight is 144 g/mol. The molecule has 1 saturated carbocycles. The maximum atomic E-state index is 9.27. The molecule has 3 unspecified atom stereocenters. The maximum Gasteiger partial charge on any atom is 0.0567 e. The van der Waals surface area contributed by atoms with E-state index in [-0.39, 0.29) is 12.2 Å². The van der Waals surface area contributed by atoms with Crippen LogP contribution in [0.5, 0.6) is 0 Å². The lowest BCUT2D eigenvalue weighted by Gasteiger charge is -2.10. The Bertz CT molecular complexity index is 91.4. The van der Waals surface area contributed by atoms with Gasteiger partial charge in [-0.3, -0.25) is 0 Å². The van der Waals surface area contributed by atoms with E-state index in [9.17, 15) is 10.2 Å². The van der Waals surface area contributed by atoms with Crippen LogP contribution in [0.2, 0.25) is 0 Å². The Kier molecular flexibility index (Phi) is 2.69. The second-order valence-electron chi connectivity index (χ2n) is 3.46. The molecule has 2 N–H and O–H groups in total. The number of aliphatic hydroxyl groups excluding tert-OH is 2. The number of hydrogen-bond acceptors (Lipinski definition) is 2. The van der Waals surface area contributed by atoms with Gasteiger partial charge in [-0.15, -0.1) is 0 Å². The maximum absolute atomic E-state index is 9.27. The van der Waals surface area contributed by atoms with Gasteiger partial charge in [0, 0.05) is 0 Å². The van der Waals surface area contributed by atoms with Crippen molar-refractivity contribution in [2.45, 2.75) is 44.8 Å². The molecule has 2 nitrogen and oxygen atoms in total. The number of aliphatic hydroxyl groups is 2. The molecule has 3 atom stereocenters. The van der Waals surface area contributed by atoms with Gasteiger partial charge in [0.2, 0.25) is 0 Å². The Balaban J connectivity index is 2.38. The van der Waals surface area contributed by atoms with Crippen molar-refractivity contribution >= 4 is 0 Å². The highest BCUT2D eigenvalue weighted by atomic mass is 16.3. The van der Waals surface area contributed by atoms with Gasteiger partial charge in [-0.1, -0.05) is 6.92 Å². The second-order valence-corrected chi connectivity index (χ2v) is 3.46. The van der Waals surface area contributed by atoms with E-state index in [1.807, 2.05) is 0 Å². The zero-order valence-corrected chi connectivity index (χ0v) is 6.45. The summed E-state index contributed by atoms with van der Waals surface area (Å²) in [6, 6.07) is 0. The van der Waals surface area contributed by atoms with Crippen molar-refractivity contribution in [1.29, 1.82) is 0 Å². The van der Waals surface area contributed by atoms with Crippen LogP contribution in [-0.4, -0.2) is 22.4 Å². The van der Waals surface area contributed by atoms with Crippen molar-refractivity contribution in [3.8, 4) is 0 Å². The van der Waals surface area contributed by atoms with Crippen LogP contribution in [0.15, 0.2) is 0 Å². The first-order chi connectivity index (χ1) is 4.68. The lowest BCUT2D eigenvalue weighted by atomic mass is 10.0. The Labute approximate surface area is 61.9 Å². The molecular formula is C8H16O2. The Morgan fingerprint density at radius 1 is 1.00 bits per heavy atom. The molecule has 10 heavy (non-hydrogen) atoms. The summed E-state index contributed by atoms with van der Waals surface area (Å²) < 4.78 is 0. The van der Waals surface area contributed by atoms with Gasteiger partial charge in [-0.25, -0.2) is 0 Å². The molecule has 1 aliphatic carbocycles. The van der Waals surface area contributed by atoms with Crippen LogP contribution in [0.25, 0.3) is 0 Å². The molecule has 1 rings (SSSR count). The van der Waals surface area contributed by atoms with Gasteiger partial charge < -0.3 is 10.2 Å². The van der Waals surface area contributed by atoms with E-state index in [1.54, 1.807) is 0 Å². The Morgan fingerprint density at radius 2 is 1.70 bits per heavy atom. The molecule has 0 aromatic carbocycles. The van der Waals surface area contributed by atoms with Gasteiger partial charge in [0.05, 0.1) is 12.2 Å². The summed E-state index contributed by atoms with van der Waals surface area (Å²) in [5, 5.41) is 18.5. The van der Waals surface area contributed by atoms with Gasteiger partial charge in [0.15, 0.2) is 0 Å². The fraction of sp³-hybridized carbons (Fsp3) is 1.00. The van der Waals surface area contributed by atoms with Gasteiger partial charge >= 0.3 is 0 Å². The fourth-order valence-corrected chi connectivity index (χ4v) is 1.59. The normalized spacial score (nSPS) is 42.9. The molecule has 0 heterocycles. The predicted molar refractivity (Wildman–Crippen MR) is 39.6 cm³/mol. The molecule has 0 radical (unpaired) electrons. The summed E-state index contributed by atoms with van der Waals surface area (Å²) in [6.45, 7) is 2.13. The monoisotopic (exact) mass is 144 g/mol. The molecule has 0 aromatic rings. The zero-order valence-electron chi connectivity index (χ0n) is 6.45. The van der Waals surface area contributed by atoms with Gasteiger partial charge in [-0.05, 0) is 31.6 Å². The minimum Gasteiger partial charge on any atom is -0.393 e. The Hall–Kier alpha value is -0.0800. The topological polar surface area (TPSA) is 40.5 Å². The van der Waals surface area contributed by atoms with E-state index in [0.717, 1.165) is 19.3 Å². The summed E-state index contributed by atoms with van der Waals surface area (Å²) in [6.07, 6.45) is 2.81. The second kappa shape index (κ2) is 3.35. The third-order valence-corrected chi connectivity index (χ3v) is 2.21. The number of hydrogen-bond donors (Lipinski definition) is 2. The van der Waals surface area contributed by atoms with Crippen molar-refractivity contribution in [1.82, 2.24) is 0 Å².